The van der Waals surface area contributed by atoms with Gasteiger partial charge in [0, 0.05) is 0 Å². The highest BCUT2D eigenvalue weighted by Crippen LogP contribution is 2.04. The van der Waals surface area contributed by atoms with E-state index < -0.39 is 8.80 Å². The van der Waals surface area contributed by atoms with Gasteiger partial charge in [-0.2, -0.15) is 0 Å². The second-order valence-electron chi connectivity index (χ2n) is 3.81. The SMILES string of the molecule is CCCCC[SiH](C)c1ccccc1. The minimum atomic E-state index is -0.592. The van der Waals surface area contributed by atoms with Crippen molar-refractivity contribution in [2.24, 2.45) is 0 Å². The third-order valence-electron chi connectivity index (χ3n) is 2.61. The molecule has 1 atom stereocenters. The maximum atomic E-state index is 2.46. The van der Waals surface area contributed by atoms with Gasteiger partial charge in [0.2, 0.25) is 0 Å². The average Bonchev–Trinajstić information content (AvgIpc) is 2.19. The first-order valence-electron chi connectivity index (χ1n) is 5.39. The molecule has 0 amide bonds. The van der Waals surface area contributed by atoms with E-state index in [-0.39, 0.29) is 0 Å². The molecule has 0 aliphatic rings. The van der Waals surface area contributed by atoms with Crippen LogP contribution in [0, 0.1) is 0 Å². The Balaban J connectivity index is 2.35. The average molecular weight is 192 g/mol. The quantitative estimate of drug-likeness (QED) is 0.497. The van der Waals surface area contributed by atoms with Crippen LogP contribution in [0.3, 0.4) is 0 Å². The van der Waals surface area contributed by atoms with Crippen molar-refractivity contribution in [2.75, 3.05) is 0 Å². The molecule has 13 heavy (non-hydrogen) atoms. The molecule has 0 aliphatic carbocycles. The summed E-state index contributed by atoms with van der Waals surface area (Å²) in [6.07, 6.45) is 4.18. The zero-order valence-electron chi connectivity index (χ0n) is 8.79. The maximum Gasteiger partial charge on any atom is 0.0677 e. The molecule has 0 nitrogen and oxygen atoms in total. The molecule has 0 fully saturated rings. The third kappa shape index (κ3) is 3.77. The first-order chi connectivity index (χ1) is 6.34. The van der Waals surface area contributed by atoms with Gasteiger partial charge in [-0.3, -0.25) is 0 Å². The molecule has 1 heteroatoms. The molecule has 1 unspecified atom stereocenters. The van der Waals surface area contributed by atoms with Gasteiger partial charge in [-0.05, 0) is 0 Å². The largest absolute Gasteiger partial charge is 0.0680 e. The van der Waals surface area contributed by atoms with E-state index >= 15 is 0 Å². The van der Waals surface area contributed by atoms with E-state index in [0.717, 1.165) is 0 Å². The Hall–Kier alpha value is -0.563. The molecule has 72 valence electrons. The Bertz CT molecular complexity index is 218. The van der Waals surface area contributed by atoms with Gasteiger partial charge in [0.1, 0.15) is 0 Å². The highest BCUT2D eigenvalue weighted by molar-refractivity contribution is 6.71. The first-order valence-corrected chi connectivity index (χ1v) is 7.94. The summed E-state index contributed by atoms with van der Waals surface area (Å²) in [5, 5.41) is 1.62. The van der Waals surface area contributed by atoms with Gasteiger partial charge < -0.3 is 0 Å². The van der Waals surface area contributed by atoms with Gasteiger partial charge in [-0.25, -0.2) is 0 Å². The molecule has 0 aliphatic heterocycles. The van der Waals surface area contributed by atoms with Crippen LogP contribution < -0.4 is 5.19 Å². The molecule has 0 N–H and O–H groups in total. The van der Waals surface area contributed by atoms with Gasteiger partial charge in [0.05, 0.1) is 8.80 Å². The molecule has 0 aromatic heterocycles. The van der Waals surface area contributed by atoms with Gasteiger partial charge in [0.25, 0.3) is 0 Å². The molecular formula is C12H20Si. The molecule has 1 aromatic carbocycles. The molecular weight excluding hydrogens is 172 g/mol. The van der Waals surface area contributed by atoms with Crippen LogP contribution >= 0.6 is 0 Å². The van der Waals surface area contributed by atoms with E-state index in [1.165, 1.54) is 25.3 Å². The summed E-state index contributed by atoms with van der Waals surface area (Å²) in [6.45, 7) is 4.74. The summed E-state index contributed by atoms with van der Waals surface area (Å²) in [5.74, 6) is 0. The molecule has 0 radical (unpaired) electrons. The number of hydrogen-bond donors (Lipinski definition) is 0. The second kappa shape index (κ2) is 5.98. The highest BCUT2D eigenvalue weighted by atomic mass is 28.3. The standard InChI is InChI=1S/C12H20Si/c1-3-4-8-11-13(2)12-9-6-5-7-10-12/h5-7,9-10,13H,3-4,8,11H2,1-2H3. The van der Waals surface area contributed by atoms with Crippen LogP contribution in [0.15, 0.2) is 30.3 Å². The summed E-state index contributed by atoms with van der Waals surface area (Å²) < 4.78 is 0. The summed E-state index contributed by atoms with van der Waals surface area (Å²) in [4.78, 5) is 0. The number of benzene rings is 1. The number of unbranched alkanes of at least 4 members (excludes halogenated alkanes) is 2. The van der Waals surface area contributed by atoms with Gasteiger partial charge in [0.15, 0.2) is 0 Å². The minimum absolute atomic E-state index is 0.592. The van der Waals surface area contributed by atoms with Crippen LogP contribution in [0.5, 0.6) is 0 Å². The minimum Gasteiger partial charge on any atom is -0.0680 e. The summed E-state index contributed by atoms with van der Waals surface area (Å²) in [6, 6.07) is 12.5. The van der Waals surface area contributed by atoms with Crippen molar-refractivity contribution in [3.05, 3.63) is 30.3 Å². The van der Waals surface area contributed by atoms with Crippen molar-refractivity contribution in [1.82, 2.24) is 0 Å². The third-order valence-corrected chi connectivity index (χ3v) is 5.41. The van der Waals surface area contributed by atoms with Crippen molar-refractivity contribution in [3.63, 3.8) is 0 Å². The summed E-state index contributed by atoms with van der Waals surface area (Å²) >= 11 is 0. The van der Waals surface area contributed by atoms with E-state index in [1.807, 2.05) is 0 Å². The highest BCUT2D eigenvalue weighted by Gasteiger charge is 2.04. The van der Waals surface area contributed by atoms with Crippen molar-refractivity contribution < 1.29 is 0 Å². The summed E-state index contributed by atoms with van der Waals surface area (Å²) in [7, 11) is -0.592. The van der Waals surface area contributed by atoms with Crippen molar-refractivity contribution >= 4 is 14.0 Å². The van der Waals surface area contributed by atoms with Crippen LogP contribution in [-0.4, -0.2) is 8.80 Å². The van der Waals surface area contributed by atoms with Gasteiger partial charge in [-0.1, -0.05) is 74.3 Å². The van der Waals surface area contributed by atoms with Crippen molar-refractivity contribution in [1.29, 1.82) is 0 Å². The van der Waals surface area contributed by atoms with E-state index in [1.54, 1.807) is 5.19 Å². The Kier molecular flexibility index (Phi) is 4.84. The fourth-order valence-electron chi connectivity index (χ4n) is 1.65. The Morgan fingerprint density at radius 1 is 1.08 bits per heavy atom. The monoisotopic (exact) mass is 192 g/mol. The predicted molar refractivity (Wildman–Crippen MR) is 63.4 cm³/mol. The Labute approximate surface area is 83.6 Å². The summed E-state index contributed by atoms with van der Waals surface area (Å²) in [5.41, 5.74) is 0. The van der Waals surface area contributed by atoms with Crippen LogP contribution in [0.2, 0.25) is 12.6 Å². The van der Waals surface area contributed by atoms with Crippen LogP contribution in [-0.2, 0) is 0 Å². The fraction of sp³-hybridized carbons (Fsp3) is 0.500. The molecule has 0 heterocycles. The fourth-order valence-corrected chi connectivity index (χ4v) is 3.76. The predicted octanol–water partition coefficient (Wildman–Crippen LogP) is 2.94. The number of rotatable bonds is 5. The lowest BCUT2D eigenvalue weighted by Gasteiger charge is -2.08. The zero-order valence-corrected chi connectivity index (χ0v) is 9.95. The number of hydrogen-bond acceptors (Lipinski definition) is 0. The van der Waals surface area contributed by atoms with Crippen molar-refractivity contribution in [2.45, 2.75) is 38.8 Å². The van der Waals surface area contributed by atoms with Crippen LogP contribution in [0.25, 0.3) is 0 Å². The lowest BCUT2D eigenvalue weighted by atomic mass is 10.3. The zero-order chi connectivity index (χ0) is 9.52. The lowest BCUT2D eigenvalue weighted by Crippen LogP contribution is -2.25. The van der Waals surface area contributed by atoms with E-state index in [2.05, 4.69) is 43.8 Å². The first kappa shape index (κ1) is 10.5. The molecule has 0 saturated carbocycles. The molecule has 0 saturated heterocycles. The van der Waals surface area contributed by atoms with Gasteiger partial charge >= 0.3 is 0 Å². The van der Waals surface area contributed by atoms with Gasteiger partial charge in [-0.15, -0.1) is 0 Å². The normalized spacial score (nSPS) is 12.8. The molecule has 1 aromatic rings. The van der Waals surface area contributed by atoms with E-state index in [0.29, 0.717) is 0 Å². The van der Waals surface area contributed by atoms with E-state index in [9.17, 15) is 0 Å². The van der Waals surface area contributed by atoms with Crippen LogP contribution in [0.4, 0.5) is 0 Å². The van der Waals surface area contributed by atoms with E-state index in [4.69, 9.17) is 0 Å². The molecule has 1 rings (SSSR count). The van der Waals surface area contributed by atoms with Crippen LogP contribution in [0.1, 0.15) is 26.2 Å². The van der Waals surface area contributed by atoms with Crippen molar-refractivity contribution in [3.8, 4) is 0 Å². The topological polar surface area (TPSA) is 0 Å². The Morgan fingerprint density at radius 3 is 2.38 bits per heavy atom. The molecule has 0 bridgehead atoms. The maximum absolute atomic E-state index is 2.46. The smallest absolute Gasteiger partial charge is 0.0677 e. The Morgan fingerprint density at radius 2 is 1.77 bits per heavy atom. The second-order valence-corrected chi connectivity index (χ2v) is 6.85. The molecule has 0 spiro atoms. The lowest BCUT2D eigenvalue weighted by molar-refractivity contribution is 0.767.